The minimum atomic E-state index is -1.14. The summed E-state index contributed by atoms with van der Waals surface area (Å²) in [4.78, 5) is 9.58. The van der Waals surface area contributed by atoms with Crippen LogP contribution in [0.2, 0.25) is 0 Å². The predicted molar refractivity (Wildman–Crippen MR) is 83.2 cm³/mol. The molecular formula is C16H26N2O2. The minimum absolute atomic E-state index is 0.135. The van der Waals surface area contributed by atoms with Crippen molar-refractivity contribution in [3.8, 4) is 0 Å². The summed E-state index contributed by atoms with van der Waals surface area (Å²) in [6.45, 7) is 4.95. The molecule has 0 aromatic heterocycles. The third-order valence-corrected chi connectivity index (χ3v) is 2.48. The first kappa shape index (κ1) is 18.4. The quantitative estimate of drug-likeness (QED) is 0.721. The molecule has 4 nitrogen and oxygen atoms in total. The van der Waals surface area contributed by atoms with E-state index >= 15 is 0 Å². The van der Waals surface area contributed by atoms with Gasteiger partial charge in [0.15, 0.2) is 6.29 Å². The van der Waals surface area contributed by atoms with Gasteiger partial charge in [0.25, 0.3) is 0 Å². The lowest BCUT2D eigenvalue weighted by molar-refractivity contribution is -0.120. The average molecular weight is 278 g/mol. The Morgan fingerprint density at radius 3 is 2.25 bits per heavy atom. The lowest BCUT2D eigenvalue weighted by Crippen LogP contribution is -2.22. The number of nitrogens with one attached hydrogen (secondary N) is 1. The molecule has 0 saturated heterocycles. The molecule has 1 aromatic rings. The summed E-state index contributed by atoms with van der Waals surface area (Å²) in [5, 5.41) is 11.7. The molecule has 4 heteroatoms. The summed E-state index contributed by atoms with van der Waals surface area (Å²) < 4.78 is 0. The van der Waals surface area contributed by atoms with Crippen LogP contribution in [0.5, 0.6) is 0 Å². The number of allylic oxidation sites excluding steroid dienone is 1. The van der Waals surface area contributed by atoms with Crippen LogP contribution in [0.25, 0.3) is 0 Å². The third-order valence-electron chi connectivity index (χ3n) is 2.48. The molecule has 1 rings (SSSR count). The number of rotatable bonds is 5. The smallest absolute Gasteiger partial charge is 0.150 e. The van der Waals surface area contributed by atoms with E-state index in [1.54, 1.807) is 0 Å². The number of carbonyl (C=O) groups excluding carboxylic acids is 1. The lowest BCUT2D eigenvalue weighted by atomic mass is 10.0. The number of hydrogen-bond acceptors (Lipinski definition) is 4. The average Bonchev–Trinajstić information content (AvgIpc) is 2.41. The molecule has 0 aliphatic rings. The van der Waals surface area contributed by atoms with Crippen molar-refractivity contribution in [1.82, 2.24) is 5.32 Å². The standard InChI is InChI=1S/C12H18N2.C4H8O2/c1-3-7-11(13)12(14-2)10-8-5-4-6-9-10;1-4(2,6)3-5/h4-9,12,14H,3,13H2,1-2H3;3,6H,1-2H3/b11-7-;. The summed E-state index contributed by atoms with van der Waals surface area (Å²) in [5.41, 5.74) is 6.93. The normalized spacial score (nSPS) is 13.2. The number of hydrogen-bond donors (Lipinski definition) is 3. The van der Waals surface area contributed by atoms with Crippen molar-refractivity contribution in [1.29, 1.82) is 0 Å². The van der Waals surface area contributed by atoms with Crippen LogP contribution >= 0.6 is 0 Å². The van der Waals surface area contributed by atoms with Gasteiger partial charge in [-0.05, 0) is 32.9 Å². The number of carbonyl (C=O) groups is 1. The number of aldehydes is 1. The Morgan fingerprint density at radius 2 is 1.90 bits per heavy atom. The van der Waals surface area contributed by atoms with E-state index in [9.17, 15) is 4.79 Å². The fourth-order valence-electron chi connectivity index (χ4n) is 1.52. The van der Waals surface area contributed by atoms with Gasteiger partial charge >= 0.3 is 0 Å². The van der Waals surface area contributed by atoms with Crippen LogP contribution in [0.4, 0.5) is 0 Å². The topological polar surface area (TPSA) is 75.3 Å². The molecule has 112 valence electrons. The Bertz CT molecular complexity index is 408. The van der Waals surface area contributed by atoms with Crippen LogP contribution in [-0.4, -0.2) is 24.0 Å². The van der Waals surface area contributed by atoms with Crippen molar-refractivity contribution < 1.29 is 9.90 Å². The van der Waals surface area contributed by atoms with Crippen molar-refractivity contribution in [2.75, 3.05) is 7.05 Å². The first-order valence-electron chi connectivity index (χ1n) is 6.72. The summed E-state index contributed by atoms with van der Waals surface area (Å²) >= 11 is 0. The highest BCUT2D eigenvalue weighted by atomic mass is 16.3. The highest BCUT2D eigenvalue weighted by molar-refractivity contribution is 5.60. The second kappa shape index (κ2) is 9.28. The Balaban J connectivity index is 0.000000511. The maximum atomic E-state index is 9.58. The second-order valence-electron chi connectivity index (χ2n) is 5.02. The van der Waals surface area contributed by atoms with Gasteiger partial charge in [0.2, 0.25) is 0 Å². The molecule has 0 saturated carbocycles. The van der Waals surface area contributed by atoms with Gasteiger partial charge in [0.05, 0.1) is 6.04 Å². The molecule has 1 aromatic carbocycles. The molecule has 0 spiro atoms. The van der Waals surface area contributed by atoms with Crippen LogP contribution < -0.4 is 11.1 Å². The summed E-state index contributed by atoms with van der Waals surface area (Å²) in [6.07, 6.45) is 3.51. The van der Waals surface area contributed by atoms with Crippen molar-refractivity contribution in [3.05, 3.63) is 47.7 Å². The van der Waals surface area contributed by atoms with E-state index in [0.717, 1.165) is 12.1 Å². The summed E-state index contributed by atoms with van der Waals surface area (Å²) in [6, 6.07) is 10.4. The molecule has 0 radical (unpaired) electrons. The molecule has 0 aliphatic carbocycles. The molecule has 0 bridgehead atoms. The second-order valence-corrected chi connectivity index (χ2v) is 5.02. The molecule has 0 aliphatic heterocycles. The molecule has 0 heterocycles. The lowest BCUT2D eigenvalue weighted by Gasteiger charge is -2.17. The summed E-state index contributed by atoms with van der Waals surface area (Å²) in [5.74, 6) is 0. The maximum absolute atomic E-state index is 9.58. The molecule has 1 atom stereocenters. The molecule has 0 amide bonds. The van der Waals surface area contributed by atoms with Gasteiger partial charge in [-0.2, -0.15) is 0 Å². The first-order valence-corrected chi connectivity index (χ1v) is 6.72. The fourth-order valence-corrected chi connectivity index (χ4v) is 1.52. The number of nitrogens with two attached hydrogens (primary N) is 1. The van der Waals surface area contributed by atoms with Gasteiger partial charge in [0.1, 0.15) is 5.60 Å². The molecule has 1 unspecified atom stereocenters. The third kappa shape index (κ3) is 7.71. The first-order chi connectivity index (χ1) is 9.35. The molecule has 0 fully saturated rings. The van der Waals surface area contributed by atoms with Crippen molar-refractivity contribution >= 4 is 6.29 Å². The van der Waals surface area contributed by atoms with E-state index in [2.05, 4.69) is 24.4 Å². The Kier molecular flexibility index (Phi) is 8.52. The van der Waals surface area contributed by atoms with E-state index in [0.29, 0.717) is 6.29 Å². The minimum Gasteiger partial charge on any atom is -0.401 e. The highest BCUT2D eigenvalue weighted by Gasteiger charge is 2.10. The van der Waals surface area contributed by atoms with Gasteiger partial charge in [-0.3, -0.25) is 0 Å². The van der Waals surface area contributed by atoms with Gasteiger partial charge in [-0.15, -0.1) is 0 Å². The van der Waals surface area contributed by atoms with Crippen LogP contribution in [0.1, 0.15) is 38.8 Å². The Morgan fingerprint density at radius 1 is 1.40 bits per heavy atom. The van der Waals surface area contributed by atoms with E-state index in [-0.39, 0.29) is 6.04 Å². The van der Waals surface area contributed by atoms with Gasteiger partial charge < -0.3 is 21.0 Å². The van der Waals surface area contributed by atoms with Crippen LogP contribution in [0.15, 0.2) is 42.1 Å². The fraction of sp³-hybridized carbons (Fsp3) is 0.438. The number of likely N-dealkylation sites (N-methyl/N-ethyl adjacent to an activating group) is 1. The van der Waals surface area contributed by atoms with Gasteiger partial charge in [0, 0.05) is 5.70 Å². The van der Waals surface area contributed by atoms with E-state index in [4.69, 9.17) is 10.8 Å². The van der Waals surface area contributed by atoms with Crippen molar-refractivity contribution in [2.45, 2.75) is 38.8 Å². The maximum Gasteiger partial charge on any atom is 0.150 e. The largest absolute Gasteiger partial charge is 0.401 e. The Hall–Kier alpha value is -1.65. The highest BCUT2D eigenvalue weighted by Crippen LogP contribution is 2.17. The van der Waals surface area contributed by atoms with Gasteiger partial charge in [-0.1, -0.05) is 43.3 Å². The van der Waals surface area contributed by atoms with Gasteiger partial charge in [-0.25, -0.2) is 0 Å². The van der Waals surface area contributed by atoms with Crippen molar-refractivity contribution in [2.24, 2.45) is 5.73 Å². The zero-order valence-corrected chi connectivity index (χ0v) is 12.8. The van der Waals surface area contributed by atoms with Crippen LogP contribution in [-0.2, 0) is 4.79 Å². The molecule has 4 N–H and O–H groups in total. The number of aliphatic hydroxyl groups is 1. The predicted octanol–water partition coefficient (Wildman–Crippen LogP) is 2.16. The van der Waals surface area contributed by atoms with Crippen molar-refractivity contribution in [3.63, 3.8) is 0 Å². The Labute approximate surface area is 121 Å². The monoisotopic (exact) mass is 278 g/mol. The van der Waals surface area contributed by atoms with E-state index < -0.39 is 5.60 Å². The van der Waals surface area contributed by atoms with E-state index in [1.807, 2.05) is 31.3 Å². The molecule has 20 heavy (non-hydrogen) atoms. The van der Waals surface area contributed by atoms with Crippen LogP contribution in [0.3, 0.4) is 0 Å². The summed E-state index contributed by atoms with van der Waals surface area (Å²) in [7, 11) is 1.92. The van der Waals surface area contributed by atoms with Crippen LogP contribution in [0, 0.1) is 0 Å². The zero-order valence-electron chi connectivity index (χ0n) is 12.8. The van der Waals surface area contributed by atoms with E-state index in [1.165, 1.54) is 19.4 Å². The molecular weight excluding hydrogens is 252 g/mol. The SMILES string of the molecule is CC(C)(O)C=O.CC/C=C(\N)C(NC)c1ccccc1. The zero-order chi connectivity index (χ0) is 15.6. The number of benzene rings is 1.